The zero-order valence-corrected chi connectivity index (χ0v) is 32.5. The van der Waals surface area contributed by atoms with E-state index in [-0.39, 0.29) is 41.1 Å². The van der Waals surface area contributed by atoms with Crippen LogP contribution in [0.25, 0.3) is 28.0 Å². The number of aromatic nitrogens is 3. The van der Waals surface area contributed by atoms with Gasteiger partial charge in [0, 0.05) is 49.1 Å². The molecule has 3 fully saturated rings. The summed E-state index contributed by atoms with van der Waals surface area (Å²) in [5.74, 6) is 0.801. The molecule has 0 bridgehead atoms. The number of pyridine rings is 1. The largest absolute Gasteiger partial charge is 0.453 e. The summed E-state index contributed by atoms with van der Waals surface area (Å²) in [7, 11) is 1.31. The van der Waals surface area contributed by atoms with Gasteiger partial charge in [0.15, 0.2) is 0 Å². The Labute approximate surface area is 328 Å². The number of imidazole rings is 1. The highest BCUT2D eigenvalue weighted by Crippen LogP contribution is 2.47. The Morgan fingerprint density at radius 3 is 2.29 bits per heavy atom. The number of H-pyrrole nitrogens is 1. The van der Waals surface area contributed by atoms with E-state index in [1.54, 1.807) is 6.20 Å². The lowest BCUT2D eigenvalue weighted by Gasteiger charge is -2.31. The van der Waals surface area contributed by atoms with E-state index in [4.69, 9.17) is 14.7 Å². The number of likely N-dealkylation sites (tertiary alicyclic amines) is 1. The van der Waals surface area contributed by atoms with E-state index in [0.29, 0.717) is 13.0 Å². The van der Waals surface area contributed by atoms with Gasteiger partial charge in [-0.1, -0.05) is 81.3 Å². The van der Waals surface area contributed by atoms with Crippen LogP contribution in [-0.4, -0.2) is 69.2 Å². The average Bonchev–Trinajstić information content (AvgIpc) is 3.62. The third-order valence-electron chi connectivity index (χ3n) is 12.2. The van der Waals surface area contributed by atoms with Gasteiger partial charge in [-0.25, -0.2) is 9.78 Å². The second-order valence-electron chi connectivity index (χ2n) is 16.1. The summed E-state index contributed by atoms with van der Waals surface area (Å²) in [6.07, 6.45) is 15.2. The number of hydrogen-bond donors (Lipinski definition) is 3. The van der Waals surface area contributed by atoms with Crippen molar-refractivity contribution in [1.29, 1.82) is 0 Å². The minimum Gasteiger partial charge on any atom is -0.453 e. The number of hydrogen-bond acceptors (Lipinski definition) is 7. The number of carbonyl (C=O) groups excluding carboxylic acids is 3. The van der Waals surface area contributed by atoms with Gasteiger partial charge in [0.05, 0.1) is 30.6 Å². The van der Waals surface area contributed by atoms with Gasteiger partial charge in [-0.3, -0.25) is 19.6 Å². The summed E-state index contributed by atoms with van der Waals surface area (Å²) in [5, 5.41) is 6.13. The van der Waals surface area contributed by atoms with E-state index in [2.05, 4.69) is 75.2 Å². The zero-order valence-electron chi connectivity index (χ0n) is 32.5. The highest BCUT2D eigenvalue weighted by atomic mass is 16.5. The normalized spacial score (nSPS) is 21.9. The van der Waals surface area contributed by atoms with Crippen LogP contribution in [0.5, 0.6) is 0 Å². The molecule has 4 atom stereocenters. The van der Waals surface area contributed by atoms with Crippen LogP contribution in [0.3, 0.4) is 0 Å². The fourth-order valence-electron chi connectivity index (χ4n) is 8.83. The molecule has 4 aromatic rings. The van der Waals surface area contributed by atoms with E-state index in [9.17, 15) is 14.4 Å². The molecule has 4 heterocycles. The summed E-state index contributed by atoms with van der Waals surface area (Å²) in [4.78, 5) is 58.6. The zero-order chi connectivity index (χ0) is 38.8. The molecule has 3 N–H and O–H groups in total. The van der Waals surface area contributed by atoms with Crippen molar-refractivity contribution < 1.29 is 19.1 Å². The van der Waals surface area contributed by atoms with Crippen LogP contribution in [0.15, 0.2) is 90.4 Å². The Kier molecular flexibility index (Phi) is 10.6. The van der Waals surface area contributed by atoms with Gasteiger partial charge in [-0.2, -0.15) is 0 Å². The molecule has 2 aromatic carbocycles. The highest BCUT2D eigenvalue weighted by molar-refractivity contribution is 6.04. The molecule has 2 saturated carbocycles. The van der Waals surface area contributed by atoms with Crippen LogP contribution in [0, 0.1) is 11.8 Å². The van der Waals surface area contributed by atoms with E-state index in [1.165, 1.54) is 7.11 Å². The van der Waals surface area contributed by atoms with E-state index in [0.717, 1.165) is 102 Å². The molecule has 2 aliphatic carbocycles. The Balaban J connectivity index is 0.886. The molecule has 2 aliphatic heterocycles. The smallest absolute Gasteiger partial charge is 0.407 e. The molecule has 1 saturated heterocycles. The predicted molar refractivity (Wildman–Crippen MR) is 216 cm³/mol. The summed E-state index contributed by atoms with van der Waals surface area (Å²) < 4.78 is 4.78. The van der Waals surface area contributed by atoms with Crippen LogP contribution in [0.4, 0.5) is 4.79 Å². The van der Waals surface area contributed by atoms with E-state index >= 15 is 0 Å². The molecule has 56 heavy (non-hydrogen) atoms. The third kappa shape index (κ3) is 7.63. The summed E-state index contributed by atoms with van der Waals surface area (Å²) in [5.41, 5.74) is 8.27. The quantitative estimate of drug-likeness (QED) is 0.143. The first-order valence-corrected chi connectivity index (χ1v) is 20.1. The van der Waals surface area contributed by atoms with Gasteiger partial charge in [0.1, 0.15) is 11.9 Å². The average molecular weight is 754 g/mol. The fourth-order valence-corrected chi connectivity index (χ4v) is 8.83. The van der Waals surface area contributed by atoms with Crippen molar-refractivity contribution in [1.82, 2.24) is 30.5 Å². The number of carbonyl (C=O) groups is 3. The first kappa shape index (κ1) is 37.3. The van der Waals surface area contributed by atoms with Gasteiger partial charge in [0.25, 0.3) is 0 Å². The Morgan fingerprint density at radius 2 is 1.61 bits per heavy atom. The van der Waals surface area contributed by atoms with Crippen LogP contribution in [-0.2, 0) is 19.9 Å². The number of rotatable bonds is 11. The fraction of sp³-hybridized carbons (Fsp3) is 0.422. The molecule has 0 radical (unpaired) electrons. The van der Waals surface area contributed by atoms with Crippen molar-refractivity contribution in [3.05, 3.63) is 102 Å². The molecule has 0 spiro atoms. The maximum absolute atomic E-state index is 13.7. The molecule has 2 aromatic heterocycles. The molecule has 290 valence electrons. The monoisotopic (exact) mass is 753 g/mol. The second kappa shape index (κ2) is 15.9. The number of amides is 3. The van der Waals surface area contributed by atoms with Crippen molar-refractivity contribution in [3.8, 4) is 22.4 Å². The highest BCUT2D eigenvalue weighted by Gasteiger charge is 2.48. The number of benzene rings is 2. The summed E-state index contributed by atoms with van der Waals surface area (Å²) in [6.45, 7) is 4.50. The van der Waals surface area contributed by atoms with Crippen molar-refractivity contribution in [2.24, 2.45) is 16.8 Å². The lowest BCUT2D eigenvalue weighted by Crippen LogP contribution is -2.53. The van der Waals surface area contributed by atoms with Crippen molar-refractivity contribution in [3.63, 3.8) is 0 Å². The standard InChI is InChI=1S/C45H51N7O4/c1-28(2)40(50-44(55)56-3)43(54)52-23-7-11-39(52)37-24-33(25-47-37)31-14-12-29(13-15-31)30-16-18-32(19-17-30)38-27-48-41(49-38)35-9-4-5-10-36(35)42(53)51-45(20-21-45)34-8-6-22-46-26-34/h6,8,12-19,22,25-28,35-36,39-40H,4-5,7,9-11,20-21,23-24H2,1-3H3,(H,48,49)(H,50,55)(H,51,53)/t35-,36-,39-,40-/m0/s1. The Hall–Kier alpha value is -5.58. The van der Waals surface area contributed by atoms with Crippen molar-refractivity contribution in [2.75, 3.05) is 13.7 Å². The number of alkyl carbamates (subject to hydrolysis) is 1. The maximum Gasteiger partial charge on any atom is 0.407 e. The maximum atomic E-state index is 13.7. The lowest BCUT2D eigenvalue weighted by molar-refractivity contribution is -0.134. The summed E-state index contributed by atoms with van der Waals surface area (Å²) >= 11 is 0. The van der Waals surface area contributed by atoms with Crippen LogP contribution in [0.2, 0.25) is 0 Å². The minimum absolute atomic E-state index is 0.0589. The number of allylic oxidation sites excluding steroid dienone is 1. The second-order valence-corrected chi connectivity index (χ2v) is 16.1. The molecular formula is C45H51N7O4. The van der Waals surface area contributed by atoms with Gasteiger partial charge in [-0.15, -0.1) is 0 Å². The molecule has 0 unspecified atom stereocenters. The Morgan fingerprint density at radius 1 is 0.893 bits per heavy atom. The van der Waals surface area contributed by atoms with E-state index < -0.39 is 12.1 Å². The van der Waals surface area contributed by atoms with Crippen molar-refractivity contribution >= 4 is 29.2 Å². The van der Waals surface area contributed by atoms with Crippen molar-refractivity contribution in [2.45, 2.75) is 95.2 Å². The predicted octanol–water partition coefficient (Wildman–Crippen LogP) is 7.78. The number of aromatic amines is 1. The van der Waals surface area contributed by atoms with E-state index in [1.807, 2.05) is 43.4 Å². The van der Waals surface area contributed by atoms with Crippen LogP contribution < -0.4 is 10.6 Å². The number of nitrogens with one attached hydrogen (secondary N) is 3. The SMILES string of the molecule is COC(=O)N[C@H](C(=O)N1CCC[C@H]1C1=NC=C(c2ccc(-c3ccc(-c4cnc([C@H]5CCCC[C@@H]5C(=O)NC5(c6cccnc6)CC5)[nH]4)cc3)cc2)C1)C(C)C. The molecule has 11 nitrogen and oxygen atoms in total. The number of ether oxygens (including phenoxy) is 1. The Bertz CT molecular complexity index is 2120. The van der Waals surface area contributed by atoms with Gasteiger partial charge in [0.2, 0.25) is 11.8 Å². The molecule has 11 heteroatoms. The summed E-state index contributed by atoms with van der Waals surface area (Å²) in [6, 6.07) is 20.3. The number of aliphatic imine (C=N–C) groups is 1. The first-order valence-electron chi connectivity index (χ1n) is 20.1. The molecule has 4 aliphatic rings. The van der Waals surface area contributed by atoms with Gasteiger partial charge < -0.3 is 25.3 Å². The lowest BCUT2D eigenvalue weighted by atomic mass is 9.78. The minimum atomic E-state index is -0.649. The molecule has 8 rings (SSSR count). The third-order valence-corrected chi connectivity index (χ3v) is 12.2. The number of methoxy groups -OCH3 is 1. The molecular weight excluding hydrogens is 703 g/mol. The number of nitrogens with zero attached hydrogens (tertiary/aromatic N) is 4. The van der Waals surface area contributed by atoms with Crippen LogP contribution in [0.1, 0.15) is 94.5 Å². The molecule has 3 amide bonds. The van der Waals surface area contributed by atoms with Gasteiger partial charge in [-0.05, 0) is 83.9 Å². The van der Waals surface area contributed by atoms with Gasteiger partial charge >= 0.3 is 6.09 Å². The van der Waals surface area contributed by atoms with Crippen LogP contribution >= 0.6 is 0 Å². The topological polar surface area (TPSA) is 142 Å². The first-order chi connectivity index (χ1) is 27.2.